The van der Waals surface area contributed by atoms with E-state index >= 15 is 0 Å². The standard InChI is InChI=1S/C10H10N2O4/c13-10(11-5-6-11)7-16-9-3-1-8(2-4-9)12(14)15/h1-4H,5-7H2. The van der Waals surface area contributed by atoms with Crippen LogP contribution in [0.25, 0.3) is 0 Å². The molecule has 1 aliphatic heterocycles. The summed E-state index contributed by atoms with van der Waals surface area (Å²) in [5, 5.41) is 10.4. The van der Waals surface area contributed by atoms with Gasteiger partial charge in [-0.1, -0.05) is 0 Å². The first-order chi connectivity index (χ1) is 7.66. The molecule has 1 aromatic carbocycles. The molecule has 6 heteroatoms. The quantitative estimate of drug-likeness (QED) is 0.429. The number of non-ortho nitro benzene ring substituents is 1. The van der Waals surface area contributed by atoms with Gasteiger partial charge in [0.15, 0.2) is 6.61 Å². The van der Waals surface area contributed by atoms with E-state index in [4.69, 9.17) is 4.74 Å². The second-order valence-corrected chi connectivity index (χ2v) is 3.42. The van der Waals surface area contributed by atoms with Crippen molar-refractivity contribution >= 4 is 11.6 Å². The van der Waals surface area contributed by atoms with Gasteiger partial charge in [-0.2, -0.15) is 0 Å². The summed E-state index contributed by atoms with van der Waals surface area (Å²) in [5.74, 6) is 0.402. The highest BCUT2D eigenvalue weighted by Crippen LogP contribution is 2.17. The summed E-state index contributed by atoms with van der Waals surface area (Å²) in [6.07, 6.45) is 0. The lowest BCUT2D eigenvalue weighted by Gasteiger charge is -2.05. The molecule has 1 aromatic rings. The van der Waals surface area contributed by atoms with E-state index in [0.29, 0.717) is 5.75 Å². The van der Waals surface area contributed by atoms with Gasteiger partial charge < -0.3 is 9.64 Å². The van der Waals surface area contributed by atoms with Crippen LogP contribution in [-0.2, 0) is 4.79 Å². The molecule has 0 radical (unpaired) electrons. The zero-order valence-corrected chi connectivity index (χ0v) is 8.46. The van der Waals surface area contributed by atoms with Gasteiger partial charge in [-0.25, -0.2) is 0 Å². The van der Waals surface area contributed by atoms with E-state index in [9.17, 15) is 14.9 Å². The maximum Gasteiger partial charge on any atom is 0.269 e. The third-order valence-corrected chi connectivity index (χ3v) is 2.21. The highest BCUT2D eigenvalue weighted by molar-refractivity contribution is 5.79. The molecule has 1 amide bonds. The van der Waals surface area contributed by atoms with Crippen molar-refractivity contribution in [3.63, 3.8) is 0 Å². The van der Waals surface area contributed by atoms with Crippen LogP contribution in [-0.4, -0.2) is 35.4 Å². The molecule has 0 bridgehead atoms. The van der Waals surface area contributed by atoms with Gasteiger partial charge in [0.1, 0.15) is 5.75 Å². The van der Waals surface area contributed by atoms with Gasteiger partial charge in [0, 0.05) is 25.2 Å². The molecule has 16 heavy (non-hydrogen) atoms. The van der Waals surface area contributed by atoms with Crippen LogP contribution in [0.1, 0.15) is 0 Å². The molecule has 2 rings (SSSR count). The number of hydrogen-bond donors (Lipinski definition) is 0. The maximum atomic E-state index is 11.2. The molecular formula is C10H10N2O4. The normalized spacial score (nSPS) is 13.4. The predicted molar refractivity (Wildman–Crippen MR) is 55.2 cm³/mol. The molecule has 6 nitrogen and oxygen atoms in total. The summed E-state index contributed by atoms with van der Waals surface area (Å²) in [4.78, 5) is 22.8. The van der Waals surface area contributed by atoms with E-state index in [1.807, 2.05) is 0 Å². The Hall–Kier alpha value is -2.11. The summed E-state index contributed by atoms with van der Waals surface area (Å²) >= 11 is 0. The van der Waals surface area contributed by atoms with Gasteiger partial charge in [0.2, 0.25) is 0 Å². The minimum atomic E-state index is -0.481. The summed E-state index contributed by atoms with van der Waals surface area (Å²) in [7, 11) is 0. The summed E-state index contributed by atoms with van der Waals surface area (Å²) in [6, 6.07) is 5.65. The first kappa shape index (κ1) is 10.4. The van der Waals surface area contributed by atoms with Gasteiger partial charge in [0.05, 0.1) is 4.92 Å². The molecule has 0 aliphatic carbocycles. The van der Waals surface area contributed by atoms with Crippen molar-refractivity contribution in [2.75, 3.05) is 19.7 Å². The minimum Gasteiger partial charge on any atom is -0.484 e. The predicted octanol–water partition coefficient (Wildman–Crippen LogP) is 0.816. The summed E-state index contributed by atoms with van der Waals surface area (Å²) < 4.78 is 5.19. The van der Waals surface area contributed by atoms with Gasteiger partial charge in [-0.05, 0) is 12.1 Å². The molecule has 1 aliphatic rings. The van der Waals surface area contributed by atoms with Crippen molar-refractivity contribution in [2.24, 2.45) is 0 Å². The highest BCUT2D eigenvalue weighted by atomic mass is 16.6. The SMILES string of the molecule is O=C(COc1ccc([N+](=O)[O-])cc1)N1CC1. The Morgan fingerprint density at radius 2 is 2.00 bits per heavy atom. The molecule has 0 unspecified atom stereocenters. The molecule has 0 N–H and O–H groups in total. The topological polar surface area (TPSA) is 72.5 Å². The third-order valence-electron chi connectivity index (χ3n) is 2.21. The number of rotatable bonds is 4. The second-order valence-electron chi connectivity index (χ2n) is 3.42. The largest absolute Gasteiger partial charge is 0.484 e. The zero-order chi connectivity index (χ0) is 11.5. The lowest BCUT2D eigenvalue weighted by molar-refractivity contribution is -0.384. The van der Waals surface area contributed by atoms with Crippen LogP contribution in [0.5, 0.6) is 5.75 Å². The summed E-state index contributed by atoms with van der Waals surface area (Å²) in [6.45, 7) is 1.57. The van der Waals surface area contributed by atoms with Crippen molar-refractivity contribution in [3.05, 3.63) is 34.4 Å². The van der Waals surface area contributed by atoms with E-state index in [0.717, 1.165) is 13.1 Å². The molecule has 0 spiro atoms. The van der Waals surface area contributed by atoms with E-state index < -0.39 is 4.92 Å². The number of carbonyl (C=O) groups is 1. The van der Waals surface area contributed by atoms with Gasteiger partial charge in [-0.15, -0.1) is 0 Å². The number of benzene rings is 1. The van der Waals surface area contributed by atoms with Gasteiger partial charge >= 0.3 is 0 Å². The monoisotopic (exact) mass is 222 g/mol. The number of hydrogen-bond acceptors (Lipinski definition) is 4. The smallest absolute Gasteiger partial charge is 0.269 e. The van der Waals surface area contributed by atoms with E-state index in [1.54, 1.807) is 4.90 Å². The van der Waals surface area contributed by atoms with Gasteiger partial charge in [0.25, 0.3) is 11.6 Å². The fourth-order valence-electron chi connectivity index (χ4n) is 1.20. The van der Waals surface area contributed by atoms with Crippen LogP contribution in [0.2, 0.25) is 0 Å². The lowest BCUT2D eigenvalue weighted by atomic mass is 10.3. The maximum absolute atomic E-state index is 11.2. The molecular weight excluding hydrogens is 212 g/mol. The number of nitro groups is 1. The van der Waals surface area contributed by atoms with Crippen molar-refractivity contribution < 1.29 is 14.5 Å². The molecule has 1 fully saturated rings. The Balaban J connectivity index is 1.89. The number of nitro benzene ring substituents is 1. The van der Waals surface area contributed by atoms with Crippen molar-refractivity contribution in [3.8, 4) is 5.75 Å². The second kappa shape index (κ2) is 4.18. The highest BCUT2D eigenvalue weighted by Gasteiger charge is 2.23. The van der Waals surface area contributed by atoms with Gasteiger partial charge in [-0.3, -0.25) is 14.9 Å². The van der Waals surface area contributed by atoms with Crippen LogP contribution in [0.3, 0.4) is 0 Å². The van der Waals surface area contributed by atoms with Crippen molar-refractivity contribution in [1.82, 2.24) is 4.90 Å². The van der Waals surface area contributed by atoms with Crippen LogP contribution in [0.15, 0.2) is 24.3 Å². The third kappa shape index (κ3) is 2.47. The van der Waals surface area contributed by atoms with E-state index in [1.165, 1.54) is 24.3 Å². The average molecular weight is 222 g/mol. The Kier molecular flexibility index (Phi) is 2.72. The fraction of sp³-hybridized carbons (Fsp3) is 0.300. The Bertz CT molecular complexity index is 411. The Labute approximate surface area is 91.6 Å². The molecule has 1 heterocycles. The molecule has 0 saturated carbocycles. The molecule has 0 atom stereocenters. The van der Waals surface area contributed by atoms with Crippen LogP contribution in [0, 0.1) is 10.1 Å². The summed E-state index contributed by atoms with van der Waals surface area (Å²) in [5.41, 5.74) is 0.00428. The van der Waals surface area contributed by atoms with Crippen LogP contribution >= 0.6 is 0 Å². The number of ether oxygens (including phenoxy) is 1. The van der Waals surface area contributed by atoms with E-state index in [-0.39, 0.29) is 18.2 Å². The zero-order valence-electron chi connectivity index (χ0n) is 8.46. The molecule has 0 aromatic heterocycles. The number of amides is 1. The lowest BCUT2D eigenvalue weighted by Crippen LogP contribution is -2.19. The number of nitrogens with zero attached hydrogens (tertiary/aromatic N) is 2. The molecule has 84 valence electrons. The van der Waals surface area contributed by atoms with Crippen molar-refractivity contribution in [2.45, 2.75) is 0 Å². The average Bonchev–Trinajstić information content (AvgIpc) is 3.10. The first-order valence-corrected chi connectivity index (χ1v) is 4.82. The van der Waals surface area contributed by atoms with Crippen LogP contribution < -0.4 is 4.74 Å². The minimum absolute atomic E-state index is 0.00428. The first-order valence-electron chi connectivity index (χ1n) is 4.82. The Morgan fingerprint density at radius 1 is 1.38 bits per heavy atom. The molecule has 1 saturated heterocycles. The fourth-order valence-corrected chi connectivity index (χ4v) is 1.20. The van der Waals surface area contributed by atoms with Crippen LogP contribution in [0.4, 0.5) is 5.69 Å². The number of carbonyl (C=O) groups excluding carboxylic acids is 1. The van der Waals surface area contributed by atoms with Crippen molar-refractivity contribution in [1.29, 1.82) is 0 Å². The Morgan fingerprint density at radius 3 is 2.50 bits per heavy atom. The van der Waals surface area contributed by atoms with E-state index in [2.05, 4.69) is 0 Å².